The molecule has 1 unspecified atom stereocenters. The molecule has 0 spiro atoms. The van der Waals surface area contributed by atoms with Gasteiger partial charge in [0.25, 0.3) is 10.0 Å². The maximum Gasteiger partial charge on any atom is 0.264 e. The average molecular weight is 614 g/mol. The van der Waals surface area contributed by atoms with Crippen molar-refractivity contribution in [2.45, 2.75) is 58.0 Å². The number of halogens is 1. The van der Waals surface area contributed by atoms with Gasteiger partial charge >= 0.3 is 0 Å². The van der Waals surface area contributed by atoms with Gasteiger partial charge in [0.15, 0.2) is 11.5 Å². The number of sulfonamides is 1. The number of methoxy groups -OCH3 is 2. The molecule has 0 saturated carbocycles. The van der Waals surface area contributed by atoms with Crippen molar-refractivity contribution in [3.8, 4) is 11.5 Å². The molecule has 0 heterocycles. The number of ether oxygens (including phenoxy) is 2. The zero-order valence-corrected chi connectivity index (χ0v) is 26.3. The van der Waals surface area contributed by atoms with E-state index >= 15 is 0 Å². The molecule has 0 aliphatic carbocycles. The highest BCUT2D eigenvalue weighted by Crippen LogP contribution is 2.33. The molecule has 43 heavy (non-hydrogen) atoms. The Morgan fingerprint density at radius 1 is 0.930 bits per heavy atom. The standard InChI is InChI=1S/C32H40FN3O6S/c1-7-8-15-34-32(38)24(4)35(20-25-9-11-26(33)12-10-25)31(37)21-36(27-17-22(2)16-23(3)18-27)43(39,40)28-13-14-29(41-5)30(19-28)42-6/h9-14,16-19,24H,7-8,15,20-21H2,1-6H3,(H,34,38). The number of unbranched alkanes of at least 4 members (excludes halogenated alkanes) is 1. The van der Waals surface area contributed by atoms with Crippen molar-refractivity contribution in [1.82, 2.24) is 10.2 Å². The number of anilines is 1. The minimum atomic E-state index is -4.32. The molecule has 0 aliphatic heterocycles. The first-order valence-electron chi connectivity index (χ1n) is 14.1. The molecule has 3 aromatic carbocycles. The molecule has 11 heteroatoms. The molecule has 0 aromatic heterocycles. The predicted molar refractivity (Wildman–Crippen MR) is 164 cm³/mol. The first-order chi connectivity index (χ1) is 20.4. The van der Waals surface area contributed by atoms with Gasteiger partial charge in [-0.1, -0.05) is 31.5 Å². The van der Waals surface area contributed by atoms with Gasteiger partial charge in [-0.15, -0.1) is 0 Å². The Bertz CT molecular complexity index is 1510. The zero-order valence-electron chi connectivity index (χ0n) is 25.5. The fraction of sp³-hybridized carbons (Fsp3) is 0.375. The molecule has 0 bridgehead atoms. The Morgan fingerprint density at radius 2 is 1.56 bits per heavy atom. The van der Waals surface area contributed by atoms with E-state index in [0.29, 0.717) is 23.5 Å². The number of hydrogen-bond donors (Lipinski definition) is 1. The second-order valence-corrected chi connectivity index (χ2v) is 12.2. The van der Waals surface area contributed by atoms with E-state index in [9.17, 15) is 22.4 Å². The number of benzene rings is 3. The van der Waals surface area contributed by atoms with Crippen LogP contribution in [0.5, 0.6) is 11.5 Å². The second-order valence-electron chi connectivity index (χ2n) is 10.3. The molecule has 9 nitrogen and oxygen atoms in total. The summed E-state index contributed by atoms with van der Waals surface area (Å²) >= 11 is 0. The van der Waals surface area contributed by atoms with E-state index in [1.165, 1.54) is 61.6 Å². The van der Waals surface area contributed by atoms with Crippen molar-refractivity contribution >= 4 is 27.5 Å². The minimum Gasteiger partial charge on any atom is -0.493 e. The molecule has 3 aromatic rings. The van der Waals surface area contributed by atoms with Gasteiger partial charge in [0.2, 0.25) is 11.8 Å². The zero-order chi connectivity index (χ0) is 31.7. The van der Waals surface area contributed by atoms with Crippen LogP contribution < -0.4 is 19.1 Å². The Balaban J connectivity index is 2.08. The molecule has 0 fully saturated rings. The van der Waals surface area contributed by atoms with Crippen molar-refractivity contribution in [1.29, 1.82) is 0 Å². The quantitative estimate of drug-likeness (QED) is 0.257. The number of rotatable bonds is 14. The van der Waals surface area contributed by atoms with Crippen LogP contribution in [0.3, 0.4) is 0 Å². The highest BCUT2D eigenvalue weighted by Gasteiger charge is 2.33. The molecule has 1 N–H and O–H groups in total. The summed E-state index contributed by atoms with van der Waals surface area (Å²) < 4.78 is 53.7. The van der Waals surface area contributed by atoms with Crippen LogP contribution in [0.15, 0.2) is 65.6 Å². The number of amides is 2. The third-order valence-electron chi connectivity index (χ3n) is 6.98. The van der Waals surface area contributed by atoms with Crippen molar-refractivity contribution in [3.05, 3.63) is 83.2 Å². The van der Waals surface area contributed by atoms with Crippen LogP contribution in [0.4, 0.5) is 10.1 Å². The lowest BCUT2D eigenvalue weighted by molar-refractivity contribution is -0.139. The Hall–Kier alpha value is -4.12. The molecule has 2 amide bonds. The van der Waals surface area contributed by atoms with Gasteiger partial charge in [0, 0.05) is 19.2 Å². The first kappa shape index (κ1) is 33.4. The van der Waals surface area contributed by atoms with Crippen molar-refractivity contribution in [2.75, 3.05) is 31.6 Å². The number of nitrogens with one attached hydrogen (secondary N) is 1. The molecule has 0 saturated heterocycles. The SMILES string of the molecule is CCCCNC(=O)C(C)N(Cc1ccc(F)cc1)C(=O)CN(c1cc(C)cc(C)c1)S(=O)(=O)c1ccc(OC)c(OC)c1. The van der Waals surface area contributed by atoms with E-state index in [4.69, 9.17) is 9.47 Å². The van der Waals surface area contributed by atoms with Crippen LogP contribution in [-0.2, 0) is 26.2 Å². The smallest absolute Gasteiger partial charge is 0.264 e. The van der Waals surface area contributed by atoms with Crippen LogP contribution in [0, 0.1) is 19.7 Å². The van der Waals surface area contributed by atoms with Crippen molar-refractivity contribution < 1.29 is 31.9 Å². The number of nitrogens with zero attached hydrogens (tertiary/aromatic N) is 2. The summed E-state index contributed by atoms with van der Waals surface area (Å²) in [6.07, 6.45) is 1.65. The maximum absolute atomic E-state index is 14.2. The molecule has 1 atom stereocenters. The summed E-state index contributed by atoms with van der Waals surface area (Å²) in [5, 5.41) is 2.84. The normalized spacial score (nSPS) is 11.9. The Morgan fingerprint density at radius 3 is 2.14 bits per heavy atom. The minimum absolute atomic E-state index is 0.0292. The molecule has 0 radical (unpaired) electrons. The Kier molecular flexibility index (Phi) is 11.5. The van der Waals surface area contributed by atoms with E-state index in [1.807, 2.05) is 26.8 Å². The highest BCUT2D eigenvalue weighted by molar-refractivity contribution is 7.92. The van der Waals surface area contributed by atoms with Gasteiger partial charge in [-0.05, 0) is 80.3 Å². The number of hydrogen-bond acceptors (Lipinski definition) is 6. The lowest BCUT2D eigenvalue weighted by Crippen LogP contribution is -2.51. The molecule has 232 valence electrons. The highest BCUT2D eigenvalue weighted by atomic mass is 32.2. The van der Waals surface area contributed by atoms with Crippen LogP contribution in [-0.4, -0.2) is 58.5 Å². The topological polar surface area (TPSA) is 105 Å². The summed E-state index contributed by atoms with van der Waals surface area (Å²) in [5.74, 6) is -0.848. The molecule has 3 rings (SSSR count). The summed E-state index contributed by atoms with van der Waals surface area (Å²) in [6, 6.07) is 14.1. The fourth-order valence-corrected chi connectivity index (χ4v) is 6.05. The van der Waals surface area contributed by atoms with Crippen LogP contribution in [0.2, 0.25) is 0 Å². The largest absolute Gasteiger partial charge is 0.493 e. The summed E-state index contributed by atoms with van der Waals surface area (Å²) in [4.78, 5) is 28.4. The van der Waals surface area contributed by atoms with Gasteiger partial charge in [-0.25, -0.2) is 12.8 Å². The van der Waals surface area contributed by atoms with Gasteiger partial charge in [-0.2, -0.15) is 0 Å². The predicted octanol–water partition coefficient (Wildman–Crippen LogP) is 4.99. The van der Waals surface area contributed by atoms with E-state index in [-0.39, 0.29) is 23.1 Å². The lowest BCUT2D eigenvalue weighted by atomic mass is 10.1. The molecular weight excluding hydrogens is 573 g/mol. The van der Waals surface area contributed by atoms with E-state index in [0.717, 1.165) is 28.3 Å². The maximum atomic E-state index is 14.2. The summed E-state index contributed by atoms with van der Waals surface area (Å²) in [5.41, 5.74) is 2.50. The number of carbonyl (C=O) groups is 2. The van der Waals surface area contributed by atoms with Crippen LogP contribution in [0.25, 0.3) is 0 Å². The monoisotopic (exact) mass is 613 g/mol. The van der Waals surface area contributed by atoms with Gasteiger partial charge < -0.3 is 19.7 Å². The third kappa shape index (κ3) is 8.47. The number of carbonyl (C=O) groups excluding carboxylic acids is 2. The van der Waals surface area contributed by atoms with Crippen molar-refractivity contribution in [2.24, 2.45) is 0 Å². The lowest BCUT2D eigenvalue weighted by Gasteiger charge is -2.32. The van der Waals surface area contributed by atoms with Gasteiger partial charge in [0.1, 0.15) is 18.4 Å². The van der Waals surface area contributed by atoms with E-state index in [2.05, 4.69) is 5.32 Å². The van der Waals surface area contributed by atoms with E-state index < -0.39 is 34.3 Å². The third-order valence-corrected chi connectivity index (χ3v) is 8.75. The summed E-state index contributed by atoms with van der Waals surface area (Å²) in [7, 11) is -1.47. The van der Waals surface area contributed by atoms with Crippen LogP contribution >= 0.6 is 0 Å². The van der Waals surface area contributed by atoms with Crippen LogP contribution in [0.1, 0.15) is 43.4 Å². The molecule has 0 aliphatic rings. The number of aryl methyl sites for hydroxylation is 2. The Labute approximate surface area is 253 Å². The first-order valence-corrected chi connectivity index (χ1v) is 15.5. The summed E-state index contributed by atoms with van der Waals surface area (Å²) in [6.45, 7) is 7.09. The van der Waals surface area contributed by atoms with Crippen molar-refractivity contribution in [3.63, 3.8) is 0 Å². The average Bonchev–Trinajstić information content (AvgIpc) is 2.98. The van der Waals surface area contributed by atoms with E-state index in [1.54, 1.807) is 19.1 Å². The fourth-order valence-electron chi connectivity index (χ4n) is 4.63. The second kappa shape index (κ2) is 14.9. The molecular formula is C32H40FN3O6S. The van der Waals surface area contributed by atoms with Gasteiger partial charge in [0.05, 0.1) is 24.8 Å². The van der Waals surface area contributed by atoms with Gasteiger partial charge in [-0.3, -0.25) is 13.9 Å².